The molecule has 1 N–H and O–H groups in total. The van der Waals surface area contributed by atoms with Crippen LogP contribution in [0.4, 0.5) is 11.4 Å². The zero-order chi connectivity index (χ0) is 14.5. The lowest BCUT2D eigenvalue weighted by molar-refractivity contribution is -0.384. The molecule has 0 aliphatic rings. The lowest BCUT2D eigenvalue weighted by Gasteiger charge is -2.04. The number of nitro groups is 1. The molecule has 2 rings (SSSR count). The topological polar surface area (TPSA) is 67.5 Å². The Kier molecular flexibility index (Phi) is 4.32. The lowest BCUT2D eigenvalue weighted by Crippen LogP contribution is -1.93. The van der Waals surface area contributed by atoms with Crippen molar-refractivity contribution < 1.29 is 4.92 Å². The summed E-state index contributed by atoms with van der Waals surface area (Å²) in [4.78, 5) is 10.1. The third kappa shape index (κ3) is 3.55. The normalized spacial score (nSPS) is 10.7. The fourth-order valence-corrected chi connectivity index (χ4v) is 1.75. The minimum Gasteiger partial charge on any atom is -0.278 e. The molecule has 0 spiro atoms. The molecule has 5 nitrogen and oxygen atoms in total. The molecule has 102 valence electrons. The molecular formula is C14H12ClN3O2. The number of hydrazone groups is 1. The first-order valence-corrected chi connectivity index (χ1v) is 6.24. The first-order chi connectivity index (χ1) is 9.56. The third-order valence-corrected chi connectivity index (χ3v) is 2.94. The van der Waals surface area contributed by atoms with Crippen molar-refractivity contribution in [3.8, 4) is 0 Å². The van der Waals surface area contributed by atoms with Gasteiger partial charge in [-0.25, -0.2) is 0 Å². The second-order valence-corrected chi connectivity index (χ2v) is 4.61. The highest BCUT2D eigenvalue weighted by Crippen LogP contribution is 2.20. The number of nitro benzene ring substituents is 1. The Hall–Kier alpha value is -2.40. The van der Waals surface area contributed by atoms with E-state index in [-0.39, 0.29) is 5.69 Å². The third-order valence-electron chi connectivity index (χ3n) is 2.70. The summed E-state index contributed by atoms with van der Waals surface area (Å²) in [5, 5.41) is 15.2. The number of benzene rings is 2. The van der Waals surface area contributed by atoms with Gasteiger partial charge in [-0.3, -0.25) is 15.5 Å². The van der Waals surface area contributed by atoms with E-state index in [2.05, 4.69) is 10.5 Å². The van der Waals surface area contributed by atoms with Gasteiger partial charge in [-0.1, -0.05) is 17.7 Å². The predicted molar refractivity (Wildman–Crippen MR) is 80.5 cm³/mol. The van der Waals surface area contributed by atoms with Crippen LogP contribution in [0.25, 0.3) is 0 Å². The van der Waals surface area contributed by atoms with E-state index in [1.165, 1.54) is 12.1 Å². The van der Waals surface area contributed by atoms with Crippen LogP contribution in [-0.4, -0.2) is 11.1 Å². The molecule has 0 heterocycles. The van der Waals surface area contributed by atoms with Crippen molar-refractivity contribution in [1.82, 2.24) is 0 Å². The minimum atomic E-state index is -0.436. The van der Waals surface area contributed by atoms with E-state index in [1.807, 2.05) is 19.1 Å². The van der Waals surface area contributed by atoms with E-state index < -0.39 is 4.92 Å². The van der Waals surface area contributed by atoms with Crippen molar-refractivity contribution in [3.63, 3.8) is 0 Å². The number of hydrogen-bond donors (Lipinski definition) is 1. The van der Waals surface area contributed by atoms with Crippen molar-refractivity contribution in [2.75, 3.05) is 5.43 Å². The van der Waals surface area contributed by atoms with Crippen molar-refractivity contribution in [1.29, 1.82) is 0 Å². The Balaban J connectivity index is 2.06. The van der Waals surface area contributed by atoms with Crippen LogP contribution in [0, 0.1) is 17.0 Å². The van der Waals surface area contributed by atoms with Gasteiger partial charge >= 0.3 is 0 Å². The summed E-state index contributed by atoms with van der Waals surface area (Å²) in [5.74, 6) is 0. The van der Waals surface area contributed by atoms with Crippen LogP contribution in [0.5, 0.6) is 0 Å². The number of nitrogens with zero attached hydrogens (tertiary/aromatic N) is 2. The smallest absolute Gasteiger partial charge is 0.269 e. The van der Waals surface area contributed by atoms with E-state index in [1.54, 1.807) is 24.4 Å². The molecule has 0 aliphatic heterocycles. The SMILES string of the molecule is Cc1ccc(Cl)cc1N/N=C\c1ccc([N+](=O)[O-])cc1. The van der Waals surface area contributed by atoms with Crippen LogP contribution in [0.3, 0.4) is 0 Å². The summed E-state index contributed by atoms with van der Waals surface area (Å²) < 4.78 is 0. The molecule has 2 aromatic carbocycles. The summed E-state index contributed by atoms with van der Waals surface area (Å²) in [5.41, 5.74) is 5.55. The molecule has 0 bridgehead atoms. The van der Waals surface area contributed by atoms with Gasteiger partial charge < -0.3 is 0 Å². The average molecular weight is 290 g/mol. The van der Waals surface area contributed by atoms with Gasteiger partial charge in [0.25, 0.3) is 5.69 Å². The molecular weight excluding hydrogens is 278 g/mol. The summed E-state index contributed by atoms with van der Waals surface area (Å²) in [7, 11) is 0. The molecule has 0 radical (unpaired) electrons. The molecule has 0 aromatic heterocycles. The number of non-ortho nitro benzene ring substituents is 1. The molecule has 0 saturated carbocycles. The van der Waals surface area contributed by atoms with Gasteiger partial charge in [-0.15, -0.1) is 0 Å². The molecule has 0 unspecified atom stereocenters. The van der Waals surface area contributed by atoms with Gasteiger partial charge in [0, 0.05) is 17.2 Å². The molecule has 0 amide bonds. The number of nitrogens with one attached hydrogen (secondary N) is 1. The fourth-order valence-electron chi connectivity index (χ4n) is 1.57. The highest BCUT2D eigenvalue weighted by molar-refractivity contribution is 6.30. The first kappa shape index (κ1) is 14.0. The van der Waals surface area contributed by atoms with Gasteiger partial charge in [-0.2, -0.15) is 5.10 Å². The zero-order valence-corrected chi connectivity index (χ0v) is 11.5. The predicted octanol–water partition coefficient (Wildman–Crippen LogP) is 4.00. The summed E-state index contributed by atoms with van der Waals surface area (Å²) in [6.45, 7) is 1.94. The van der Waals surface area contributed by atoms with E-state index in [4.69, 9.17) is 11.6 Å². The van der Waals surface area contributed by atoms with Crippen molar-refractivity contribution in [2.24, 2.45) is 5.10 Å². The number of rotatable bonds is 4. The Bertz CT molecular complexity index is 654. The summed E-state index contributed by atoms with van der Waals surface area (Å²) in [6.07, 6.45) is 1.59. The summed E-state index contributed by atoms with van der Waals surface area (Å²) in [6, 6.07) is 11.6. The number of hydrogen-bond acceptors (Lipinski definition) is 4. The van der Waals surface area contributed by atoms with E-state index in [0.29, 0.717) is 5.02 Å². The zero-order valence-electron chi connectivity index (χ0n) is 10.7. The van der Waals surface area contributed by atoms with Gasteiger partial charge in [0.15, 0.2) is 0 Å². The average Bonchev–Trinajstić information content (AvgIpc) is 2.43. The second kappa shape index (κ2) is 6.16. The van der Waals surface area contributed by atoms with Crippen molar-refractivity contribution >= 4 is 29.2 Å². The van der Waals surface area contributed by atoms with Crippen molar-refractivity contribution in [3.05, 3.63) is 68.7 Å². The molecule has 6 heteroatoms. The lowest BCUT2D eigenvalue weighted by atomic mass is 10.2. The molecule has 0 aliphatic carbocycles. The largest absolute Gasteiger partial charge is 0.278 e. The monoisotopic (exact) mass is 289 g/mol. The Morgan fingerprint density at radius 3 is 2.60 bits per heavy atom. The summed E-state index contributed by atoms with van der Waals surface area (Å²) >= 11 is 5.90. The van der Waals surface area contributed by atoms with Crippen LogP contribution in [0.2, 0.25) is 5.02 Å². The highest BCUT2D eigenvalue weighted by atomic mass is 35.5. The maximum atomic E-state index is 10.5. The van der Waals surface area contributed by atoms with E-state index >= 15 is 0 Å². The van der Waals surface area contributed by atoms with Gasteiger partial charge in [0.05, 0.1) is 16.8 Å². The molecule has 2 aromatic rings. The Morgan fingerprint density at radius 2 is 1.95 bits per heavy atom. The molecule has 0 fully saturated rings. The standard InChI is InChI=1S/C14H12ClN3O2/c1-10-2-5-12(15)8-14(10)17-16-9-11-3-6-13(7-4-11)18(19)20/h2-9,17H,1H3/b16-9-. The maximum absolute atomic E-state index is 10.5. The Labute approximate surface area is 121 Å². The fraction of sp³-hybridized carbons (Fsp3) is 0.0714. The second-order valence-electron chi connectivity index (χ2n) is 4.18. The molecule has 0 atom stereocenters. The van der Waals surface area contributed by atoms with Crippen LogP contribution in [-0.2, 0) is 0 Å². The van der Waals surface area contributed by atoms with Crippen LogP contribution < -0.4 is 5.43 Å². The van der Waals surface area contributed by atoms with Crippen LogP contribution in [0.15, 0.2) is 47.6 Å². The minimum absolute atomic E-state index is 0.0563. The molecule has 0 saturated heterocycles. The molecule has 20 heavy (non-hydrogen) atoms. The van der Waals surface area contributed by atoms with Gasteiger partial charge in [-0.05, 0) is 42.3 Å². The number of anilines is 1. The van der Waals surface area contributed by atoms with Gasteiger partial charge in [0.2, 0.25) is 0 Å². The van der Waals surface area contributed by atoms with Crippen LogP contribution in [0.1, 0.15) is 11.1 Å². The van der Waals surface area contributed by atoms with Gasteiger partial charge in [0.1, 0.15) is 0 Å². The Morgan fingerprint density at radius 1 is 1.25 bits per heavy atom. The number of aryl methyl sites for hydroxylation is 1. The van der Waals surface area contributed by atoms with E-state index in [9.17, 15) is 10.1 Å². The quantitative estimate of drug-likeness (QED) is 0.525. The number of halogens is 1. The van der Waals surface area contributed by atoms with Crippen molar-refractivity contribution in [2.45, 2.75) is 6.92 Å². The maximum Gasteiger partial charge on any atom is 0.269 e. The van der Waals surface area contributed by atoms with Crippen LogP contribution >= 0.6 is 11.6 Å². The van der Waals surface area contributed by atoms with E-state index in [0.717, 1.165) is 16.8 Å². The highest BCUT2D eigenvalue weighted by Gasteiger charge is 2.02. The first-order valence-electron chi connectivity index (χ1n) is 5.86.